The standard InChI is InChI=1S/C18H16ClN5O2/c1-11-8-13(5-6-15(11)19)22-18(25)24-17-21-12(2)9-16(23-17)26-14-4-3-7-20-10-14/h3-10H,1-2H3,(H2,21,22,23,24,25). The monoisotopic (exact) mass is 369 g/mol. The number of carbonyl (C=O) groups excluding carboxylic acids is 1. The van der Waals surface area contributed by atoms with Crippen LogP contribution in [-0.4, -0.2) is 21.0 Å². The van der Waals surface area contributed by atoms with E-state index in [1.54, 1.807) is 55.7 Å². The van der Waals surface area contributed by atoms with Crippen LogP contribution >= 0.6 is 11.6 Å². The third-order valence-electron chi connectivity index (χ3n) is 3.33. The highest BCUT2D eigenvalue weighted by Gasteiger charge is 2.09. The summed E-state index contributed by atoms with van der Waals surface area (Å²) < 4.78 is 5.63. The Kier molecular flexibility index (Phi) is 5.28. The zero-order valence-electron chi connectivity index (χ0n) is 14.2. The van der Waals surface area contributed by atoms with Gasteiger partial charge in [0.05, 0.1) is 6.20 Å². The number of hydrogen-bond donors (Lipinski definition) is 2. The van der Waals surface area contributed by atoms with E-state index in [-0.39, 0.29) is 5.95 Å². The van der Waals surface area contributed by atoms with Crippen molar-refractivity contribution in [2.45, 2.75) is 13.8 Å². The Morgan fingerprint density at radius 2 is 1.96 bits per heavy atom. The molecule has 132 valence electrons. The number of halogens is 1. The van der Waals surface area contributed by atoms with Gasteiger partial charge >= 0.3 is 6.03 Å². The maximum absolute atomic E-state index is 12.2. The van der Waals surface area contributed by atoms with Gasteiger partial charge in [-0.15, -0.1) is 0 Å². The number of urea groups is 1. The lowest BCUT2D eigenvalue weighted by Gasteiger charge is -2.10. The molecular formula is C18H16ClN5O2. The quantitative estimate of drug-likeness (QED) is 0.702. The minimum Gasteiger partial charge on any atom is -0.437 e. The van der Waals surface area contributed by atoms with Crippen LogP contribution in [0, 0.1) is 13.8 Å². The van der Waals surface area contributed by atoms with Gasteiger partial charge in [0.25, 0.3) is 0 Å². The van der Waals surface area contributed by atoms with Crippen molar-refractivity contribution in [3.63, 3.8) is 0 Å². The van der Waals surface area contributed by atoms with Gasteiger partial charge in [-0.3, -0.25) is 10.3 Å². The number of anilines is 2. The zero-order chi connectivity index (χ0) is 18.5. The molecule has 0 bridgehead atoms. The molecule has 1 aromatic carbocycles. The molecule has 0 saturated heterocycles. The second kappa shape index (κ2) is 7.79. The summed E-state index contributed by atoms with van der Waals surface area (Å²) in [4.78, 5) is 24.5. The average molecular weight is 370 g/mol. The van der Waals surface area contributed by atoms with Gasteiger partial charge in [0.15, 0.2) is 0 Å². The van der Waals surface area contributed by atoms with Crippen LogP contribution in [0.2, 0.25) is 5.02 Å². The summed E-state index contributed by atoms with van der Waals surface area (Å²) in [6.45, 7) is 3.64. The molecule has 3 aromatic rings. The number of nitrogens with zero attached hydrogens (tertiary/aromatic N) is 3. The molecule has 0 unspecified atom stereocenters. The minimum absolute atomic E-state index is 0.132. The Morgan fingerprint density at radius 3 is 2.69 bits per heavy atom. The molecule has 2 amide bonds. The smallest absolute Gasteiger partial charge is 0.326 e. The number of aromatic nitrogens is 3. The number of benzene rings is 1. The third kappa shape index (κ3) is 4.67. The molecule has 26 heavy (non-hydrogen) atoms. The molecule has 0 atom stereocenters. The molecule has 0 fully saturated rings. The van der Waals surface area contributed by atoms with E-state index >= 15 is 0 Å². The van der Waals surface area contributed by atoms with E-state index in [9.17, 15) is 4.79 Å². The van der Waals surface area contributed by atoms with Gasteiger partial charge in [0.1, 0.15) is 5.75 Å². The number of carbonyl (C=O) groups is 1. The molecule has 0 aliphatic carbocycles. The van der Waals surface area contributed by atoms with Gasteiger partial charge in [-0.1, -0.05) is 11.6 Å². The van der Waals surface area contributed by atoms with Crippen molar-refractivity contribution in [2.24, 2.45) is 0 Å². The van der Waals surface area contributed by atoms with Crippen molar-refractivity contribution in [1.29, 1.82) is 0 Å². The van der Waals surface area contributed by atoms with E-state index in [0.29, 0.717) is 28.0 Å². The highest BCUT2D eigenvalue weighted by atomic mass is 35.5. The van der Waals surface area contributed by atoms with E-state index in [2.05, 4.69) is 25.6 Å². The highest BCUT2D eigenvalue weighted by molar-refractivity contribution is 6.31. The zero-order valence-corrected chi connectivity index (χ0v) is 14.9. The molecule has 3 rings (SSSR count). The summed E-state index contributed by atoms with van der Waals surface area (Å²) in [6, 6.07) is 9.91. The van der Waals surface area contributed by atoms with Gasteiger partial charge in [-0.05, 0) is 49.7 Å². The lowest BCUT2D eigenvalue weighted by Crippen LogP contribution is -2.21. The van der Waals surface area contributed by atoms with Gasteiger partial charge < -0.3 is 10.1 Å². The Labute approximate surface area is 155 Å². The van der Waals surface area contributed by atoms with Crippen molar-refractivity contribution in [2.75, 3.05) is 10.6 Å². The molecule has 7 nitrogen and oxygen atoms in total. The van der Waals surface area contributed by atoms with Crippen molar-refractivity contribution in [1.82, 2.24) is 15.0 Å². The van der Waals surface area contributed by atoms with E-state index in [1.165, 1.54) is 0 Å². The Hall–Kier alpha value is -3.19. The predicted octanol–water partition coefficient (Wildman–Crippen LogP) is 4.58. The molecule has 0 aliphatic heterocycles. The van der Waals surface area contributed by atoms with Crippen molar-refractivity contribution in [3.05, 3.63) is 65.1 Å². The Bertz CT molecular complexity index is 934. The van der Waals surface area contributed by atoms with E-state index in [1.807, 2.05) is 6.92 Å². The Morgan fingerprint density at radius 1 is 1.12 bits per heavy atom. The van der Waals surface area contributed by atoms with Gasteiger partial charge in [-0.25, -0.2) is 9.78 Å². The van der Waals surface area contributed by atoms with Crippen LogP contribution in [0.1, 0.15) is 11.3 Å². The first kappa shape index (κ1) is 17.6. The van der Waals surface area contributed by atoms with Crippen LogP contribution in [-0.2, 0) is 0 Å². The molecule has 0 saturated carbocycles. The van der Waals surface area contributed by atoms with Crippen LogP contribution in [0.5, 0.6) is 11.6 Å². The molecule has 2 aromatic heterocycles. The summed E-state index contributed by atoms with van der Waals surface area (Å²) in [5.41, 5.74) is 2.13. The first-order valence-corrected chi connectivity index (χ1v) is 8.15. The number of aryl methyl sites for hydroxylation is 2. The first-order valence-electron chi connectivity index (χ1n) is 7.77. The lowest BCUT2D eigenvalue weighted by molar-refractivity contribution is 0.262. The van der Waals surface area contributed by atoms with Crippen molar-refractivity contribution >= 4 is 29.3 Å². The third-order valence-corrected chi connectivity index (χ3v) is 3.75. The number of hydrogen-bond acceptors (Lipinski definition) is 5. The number of rotatable bonds is 4. The van der Waals surface area contributed by atoms with Gasteiger partial charge in [-0.2, -0.15) is 4.98 Å². The fourth-order valence-corrected chi connectivity index (χ4v) is 2.28. The van der Waals surface area contributed by atoms with Crippen LogP contribution in [0.4, 0.5) is 16.4 Å². The normalized spacial score (nSPS) is 10.3. The number of amides is 2. The molecule has 2 N–H and O–H groups in total. The van der Waals surface area contributed by atoms with E-state index in [4.69, 9.17) is 16.3 Å². The number of ether oxygens (including phenoxy) is 1. The first-order chi connectivity index (χ1) is 12.5. The van der Waals surface area contributed by atoms with Gasteiger partial charge in [0.2, 0.25) is 11.8 Å². The maximum Gasteiger partial charge on any atom is 0.326 e. The highest BCUT2D eigenvalue weighted by Crippen LogP contribution is 2.21. The molecule has 8 heteroatoms. The lowest BCUT2D eigenvalue weighted by atomic mass is 10.2. The largest absolute Gasteiger partial charge is 0.437 e. The molecule has 0 spiro atoms. The van der Waals surface area contributed by atoms with Crippen LogP contribution in [0.25, 0.3) is 0 Å². The molecule has 2 heterocycles. The van der Waals surface area contributed by atoms with E-state index < -0.39 is 6.03 Å². The molecular weight excluding hydrogens is 354 g/mol. The Balaban J connectivity index is 1.70. The maximum atomic E-state index is 12.2. The predicted molar refractivity (Wildman–Crippen MR) is 99.9 cm³/mol. The number of pyridine rings is 1. The summed E-state index contributed by atoms with van der Waals surface area (Å²) in [5, 5.41) is 5.93. The summed E-state index contributed by atoms with van der Waals surface area (Å²) in [6.07, 6.45) is 3.22. The van der Waals surface area contributed by atoms with Crippen LogP contribution in [0.3, 0.4) is 0 Å². The van der Waals surface area contributed by atoms with E-state index in [0.717, 1.165) is 5.56 Å². The van der Waals surface area contributed by atoms with Gasteiger partial charge in [0, 0.05) is 28.7 Å². The topological polar surface area (TPSA) is 89.0 Å². The summed E-state index contributed by atoms with van der Waals surface area (Å²) >= 11 is 5.98. The van der Waals surface area contributed by atoms with Crippen molar-refractivity contribution in [3.8, 4) is 11.6 Å². The second-order valence-electron chi connectivity index (χ2n) is 5.51. The molecule has 0 aliphatic rings. The average Bonchev–Trinajstić information content (AvgIpc) is 2.58. The second-order valence-corrected chi connectivity index (χ2v) is 5.91. The SMILES string of the molecule is Cc1cc(Oc2cccnc2)nc(NC(=O)Nc2ccc(Cl)c(C)c2)n1. The molecule has 0 radical (unpaired) electrons. The summed E-state index contributed by atoms with van der Waals surface area (Å²) in [5.74, 6) is 0.979. The van der Waals surface area contributed by atoms with Crippen LogP contribution < -0.4 is 15.4 Å². The summed E-state index contributed by atoms with van der Waals surface area (Å²) in [7, 11) is 0. The fraction of sp³-hybridized carbons (Fsp3) is 0.111. The van der Waals surface area contributed by atoms with Crippen LogP contribution in [0.15, 0.2) is 48.8 Å². The van der Waals surface area contributed by atoms with Crippen molar-refractivity contribution < 1.29 is 9.53 Å². The number of nitrogens with one attached hydrogen (secondary N) is 2. The fourth-order valence-electron chi connectivity index (χ4n) is 2.16. The minimum atomic E-state index is -0.468.